The SMILES string of the molecule is CC[C@@]1(O)[C@@H](COC(C(=O)O)C(=O)O)O[C@@H](n2cnc3c(N)nc(Cl)nc32)[C@@H]1O. The first-order valence-electron chi connectivity index (χ1n) is 8.38. The van der Waals surface area contributed by atoms with E-state index < -0.39 is 48.7 Å². The lowest BCUT2D eigenvalue weighted by Crippen LogP contribution is -2.49. The summed E-state index contributed by atoms with van der Waals surface area (Å²) in [6.45, 7) is 0.961. The van der Waals surface area contributed by atoms with Crippen LogP contribution in [0.2, 0.25) is 5.28 Å². The minimum absolute atomic E-state index is 0.00244. The molecule has 2 aromatic heterocycles. The third kappa shape index (κ3) is 3.58. The molecule has 2 aromatic rings. The van der Waals surface area contributed by atoms with Crippen molar-refractivity contribution in [2.45, 2.75) is 43.5 Å². The number of halogens is 1. The molecule has 14 heteroatoms. The highest BCUT2D eigenvalue weighted by atomic mass is 35.5. The van der Waals surface area contributed by atoms with Crippen LogP contribution in [-0.2, 0) is 19.1 Å². The Morgan fingerprint density at radius 3 is 2.66 bits per heavy atom. The molecule has 0 aliphatic carbocycles. The Labute approximate surface area is 167 Å². The highest BCUT2D eigenvalue weighted by Crippen LogP contribution is 2.40. The molecule has 13 nitrogen and oxygen atoms in total. The molecule has 6 N–H and O–H groups in total. The van der Waals surface area contributed by atoms with Crippen molar-refractivity contribution in [1.82, 2.24) is 19.5 Å². The van der Waals surface area contributed by atoms with E-state index in [1.807, 2.05) is 0 Å². The maximum Gasteiger partial charge on any atom is 0.344 e. The van der Waals surface area contributed by atoms with Gasteiger partial charge in [-0.15, -0.1) is 0 Å². The summed E-state index contributed by atoms with van der Waals surface area (Å²) < 4.78 is 11.9. The highest BCUT2D eigenvalue weighted by molar-refractivity contribution is 6.28. The van der Waals surface area contributed by atoms with E-state index in [1.54, 1.807) is 6.92 Å². The van der Waals surface area contributed by atoms with Crippen LogP contribution in [0.3, 0.4) is 0 Å². The largest absolute Gasteiger partial charge is 0.479 e. The first-order chi connectivity index (χ1) is 13.6. The van der Waals surface area contributed by atoms with Crippen LogP contribution in [0.25, 0.3) is 11.2 Å². The maximum atomic E-state index is 11.0. The molecule has 3 rings (SSSR count). The van der Waals surface area contributed by atoms with Crippen molar-refractivity contribution in [3.63, 3.8) is 0 Å². The Balaban J connectivity index is 1.91. The molecule has 0 amide bonds. The van der Waals surface area contributed by atoms with Crippen LogP contribution in [0.4, 0.5) is 5.82 Å². The molecule has 0 aromatic carbocycles. The number of ether oxygens (including phenoxy) is 2. The lowest BCUT2D eigenvalue weighted by Gasteiger charge is -2.29. The summed E-state index contributed by atoms with van der Waals surface area (Å²) in [5.74, 6) is -3.42. The summed E-state index contributed by atoms with van der Waals surface area (Å²) in [6.07, 6.45) is -4.87. The summed E-state index contributed by atoms with van der Waals surface area (Å²) in [5.41, 5.74) is 4.22. The van der Waals surface area contributed by atoms with Gasteiger partial charge in [-0.2, -0.15) is 9.97 Å². The van der Waals surface area contributed by atoms with E-state index in [9.17, 15) is 19.8 Å². The zero-order valence-electron chi connectivity index (χ0n) is 15.0. The number of carbonyl (C=O) groups is 2. The molecule has 0 unspecified atom stereocenters. The third-order valence-corrected chi connectivity index (χ3v) is 4.94. The van der Waals surface area contributed by atoms with Crippen molar-refractivity contribution in [3.8, 4) is 0 Å². The fourth-order valence-electron chi connectivity index (χ4n) is 3.16. The minimum atomic E-state index is -2.16. The van der Waals surface area contributed by atoms with E-state index in [1.165, 1.54) is 10.9 Å². The number of aliphatic hydroxyl groups excluding tert-OH is 1. The molecular formula is C15H18ClN5O8. The molecule has 0 radical (unpaired) electrons. The molecule has 1 aliphatic rings. The summed E-state index contributed by atoms with van der Waals surface area (Å²) in [6, 6.07) is 0. The second-order valence-corrected chi connectivity index (χ2v) is 6.73. The maximum absolute atomic E-state index is 11.0. The van der Waals surface area contributed by atoms with Gasteiger partial charge in [0, 0.05) is 0 Å². The van der Waals surface area contributed by atoms with Gasteiger partial charge in [0.25, 0.3) is 6.10 Å². The number of imidazole rings is 1. The van der Waals surface area contributed by atoms with E-state index in [0.717, 1.165) is 0 Å². The van der Waals surface area contributed by atoms with Crippen molar-refractivity contribution in [2.75, 3.05) is 12.3 Å². The first-order valence-corrected chi connectivity index (χ1v) is 8.76. The quantitative estimate of drug-likeness (QED) is 0.265. The lowest BCUT2D eigenvalue weighted by atomic mass is 9.89. The van der Waals surface area contributed by atoms with Crippen LogP contribution >= 0.6 is 11.6 Å². The van der Waals surface area contributed by atoms with Crippen LogP contribution in [-0.4, -0.2) is 82.4 Å². The number of anilines is 1. The van der Waals surface area contributed by atoms with Crippen molar-refractivity contribution >= 4 is 40.5 Å². The number of carboxylic acid groups (broad SMARTS) is 2. The van der Waals surface area contributed by atoms with Crippen LogP contribution in [0.1, 0.15) is 19.6 Å². The predicted molar refractivity (Wildman–Crippen MR) is 94.9 cm³/mol. The molecule has 4 atom stereocenters. The van der Waals surface area contributed by atoms with Gasteiger partial charge in [0.15, 0.2) is 17.7 Å². The Morgan fingerprint density at radius 1 is 1.41 bits per heavy atom. The van der Waals surface area contributed by atoms with Crippen molar-refractivity contribution in [1.29, 1.82) is 0 Å². The fourth-order valence-corrected chi connectivity index (χ4v) is 3.34. The third-order valence-electron chi connectivity index (χ3n) is 4.77. The van der Waals surface area contributed by atoms with E-state index in [2.05, 4.69) is 15.0 Å². The van der Waals surface area contributed by atoms with Crippen molar-refractivity contribution in [2.24, 2.45) is 0 Å². The van der Waals surface area contributed by atoms with Gasteiger partial charge in [-0.05, 0) is 18.0 Å². The van der Waals surface area contributed by atoms with E-state index >= 15 is 0 Å². The molecule has 158 valence electrons. The summed E-state index contributed by atoms with van der Waals surface area (Å²) in [4.78, 5) is 33.8. The standard InChI is InChI=1S/C15H18ClN5O8/c1-2-15(27)5(3-28-7(12(23)24)13(25)26)29-11(8(15)22)21-4-18-6-9(17)19-14(16)20-10(6)21/h4-5,7-8,11,22,27H,2-3H2,1H3,(H,23,24)(H,25,26)(H2,17,19,20)/t5-,8+,11-,15-/m1/s1. The fraction of sp³-hybridized carbons (Fsp3) is 0.533. The zero-order chi connectivity index (χ0) is 21.5. The average Bonchev–Trinajstić information content (AvgIpc) is 3.16. The number of nitrogens with two attached hydrogens (primary N) is 1. The number of hydrogen-bond acceptors (Lipinski definition) is 10. The number of nitrogens with zero attached hydrogens (tertiary/aromatic N) is 4. The average molecular weight is 432 g/mol. The smallest absolute Gasteiger partial charge is 0.344 e. The zero-order valence-corrected chi connectivity index (χ0v) is 15.7. The van der Waals surface area contributed by atoms with Crippen LogP contribution in [0.5, 0.6) is 0 Å². The molecule has 3 heterocycles. The predicted octanol–water partition coefficient (Wildman–Crippen LogP) is -0.984. The van der Waals surface area contributed by atoms with E-state index in [-0.39, 0.29) is 28.7 Å². The van der Waals surface area contributed by atoms with Crippen LogP contribution < -0.4 is 5.73 Å². The van der Waals surface area contributed by atoms with Gasteiger partial charge in [0.05, 0.1) is 12.9 Å². The summed E-state index contributed by atoms with van der Waals surface area (Å²) in [7, 11) is 0. The van der Waals surface area contributed by atoms with Gasteiger partial charge in [0.2, 0.25) is 5.28 Å². The van der Waals surface area contributed by atoms with Gasteiger partial charge in [0.1, 0.15) is 23.3 Å². The molecule has 29 heavy (non-hydrogen) atoms. The molecule has 0 saturated carbocycles. The number of nitrogen functional groups attached to an aromatic ring is 1. The number of aliphatic carboxylic acids is 2. The summed E-state index contributed by atoms with van der Waals surface area (Å²) >= 11 is 5.82. The monoisotopic (exact) mass is 431 g/mol. The Morgan fingerprint density at radius 2 is 2.07 bits per heavy atom. The van der Waals surface area contributed by atoms with Crippen molar-refractivity contribution in [3.05, 3.63) is 11.6 Å². The Kier molecular flexibility index (Phi) is 5.60. The number of aromatic nitrogens is 4. The van der Waals surface area contributed by atoms with Crippen LogP contribution in [0, 0.1) is 0 Å². The molecule has 0 spiro atoms. The number of hydrogen-bond donors (Lipinski definition) is 5. The lowest BCUT2D eigenvalue weighted by molar-refractivity contribution is -0.173. The number of carboxylic acids is 2. The van der Waals surface area contributed by atoms with Gasteiger partial charge in [-0.3, -0.25) is 4.57 Å². The molecular weight excluding hydrogens is 414 g/mol. The number of rotatable bonds is 7. The van der Waals surface area contributed by atoms with Gasteiger partial charge >= 0.3 is 11.9 Å². The minimum Gasteiger partial charge on any atom is -0.479 e. The Bertz CT molecular complexity index is 940. The van der Waals surface area contributed by atoms with Gasteiger partial charge in [-0.1, -0.05) is 6.92 Å². The molecule has 1 fully saturated rings. The second-order valence-electron chi connectivity index (χ2n) is 6.40. The molecule has 1 saturated heterocycles. The van der Waals surface area contributed by atoms with E-state index in [4.69, 9.17) is 37.0 Å². The topological polar surface area (TPSA) is 203 Å². The van der Waals surface area contributed by atoms with Gasteiger partial charge < -0.3 is 35.6 Å². The Hall–Kier alpha value is -2.58. The normalized spacial score (nSPS) is 27.0. The number of fused-ring (bicyclic) bond motifs is 1. The summed E-state index contributed by atoms with van der Waals surface area (Å²) in [5, 5.41) is 39.3. The molecule has 0 bridgehead atoms. The number of aliphatic hydroxyl groups is 2. The first kappa shape index (κ1) is 21.1. The second kappa shape index (κ2) is 7.68. The van der Waals surface area contributed by atoms with Crippen LogP contribution in [0.15, 0.2) is 6.33 Å². The van der Waals surface area contributed by atoms with E-state index in [0.29, 0.717) is 0 Å². The van der Waals surface area contributed by atoms with Gasteiger partial charge in [-0.25, -0.2) is 14.6 Å². The highest BCUT2D eigenvalue weighted by Gasteiger charge is 2.55. The molecule has 1 aliphatic heterocycles. The van der Waals surface area contributed by atoms with Crippen molar-refractivity contribution < 1.29 is 39.5 Å².